The normalized spacial score (nSPS) is 13.3. The minimum atomic E-state index is -3.69. The molecule has 0 saturated heterocycles. The molecule has 0 unspecified atom stereocenters. The van der Waals surface area contributed by atoms with Gasteiger partial charge in [0.2, 0.25) is 21.9 Å². The van der Waals surface area contributed by atoms with Gasteiger partial charge in [0, 0.05) is 5.56 Å². The maximum Gasteiger partial charge on any atom is 0.282 e. The van der Waals surface area contributed by atoms with E-state index in [0.717, 1.165) is 11.8 Å². The number of alkyl halides is 2. The summed E-state index contributed by atoms with van der Waals surface area (Å²) in [6.07, 6.45) is 1.53. The Morgan fingerprint density at radius 3 is 2.29 bits per heavy atom. The van der Waals surface area contributed by atoms with Crippen molar-refractivity contribution in [3.8, 4) is 0 Å². The molecule has 31 heavy (non-hydrogen) atoms. The lowest BCUT2D eigenvalue weighted by Crippen LogP contribution is -2.27. The number of thioether (sulfide) groups is 1. The first kappa shape index (κ1) is 25.2. The number of hydrogen-bond acceptors (Lipinski definition) is 8. The van der Waals surface area contributed by atoms with E-state index in [1.807, 2.05) is 20.8 Å². The molecule has 0 amide bonds. The lowest BCUT2D eigenvalue weighted by Gasteiger charge is -2.19. The summed E-state index contributed by atoms with van der Waals surface area (Å²) in [4.78, 5) is 12.0. The molecule has 0 bridgehead atoms. The highest BCUT2D eigenvalue weighted by atomic mass is 32.2. The van der Waals surface area contributed by atoms with Crippen LogP contribution in [0, 0.1) is 12.8 Å². The standard InChI is InChI=1S/C19H27F2N5O3S2/c1-12(2)9-15(10-27)22-16-23-17(26-31(4,28)29)25-18(24-16)30-11-19(20,21)14-7-5-13(3)6-8-14/h5-8,12,15,27H,9-11H2,1-4H3,(H2,22,23,24,25,26)/t15-/m1/s1. The van der Waals surface area contributed by atoms with Gasteiger partial charge in [-0.1, -0.05) is 55.4 Å². The van der Waals surface area contributed by atoms with E-state index in [1.54, 1.807) is 12.1 Å². The number of aliphatic hydroxyl groups excluding tert-OH is 1. The van der Waals surface area contributed by atoms with E-state index in [9.17, 15) is 22.3 Å². The van der Waals surface area contributed by atoms with Crippen LogP contribution in [0.4, 0.5) is 20.7 Å². The van der Waals surface area contributed by atoms with E-state index in [4.69, 9.17) is 0 Å². The average Bonchev–Trinajstić information content (AvgIpc) is 2.64. The zero-order chi connectivity index (χ0) is 23.2. The average molecular weight is 476 g/mol. The zero-order valence-corrected chi connectivity index (χ0v) is 19.4. The predicted molar refractivity (Wildman–Crippen MR) is 118 cm³/mol. The Bertz CT molecular complexity index is 973. The van der Waals surface area contributed by atoms with Gasteiger partial charge in [-0.2, -0.15) is 15.0 Å². The summed E-state index contributed by atoms with van der Waals surface area (Å²) >= 11 is 0.680. The maximum absolute atomic E-state index is 14.6. The van der Waals surface area contributed by atoms with Gasteiger partial charge < -0.3 is 10.4 Å². The lowest BCUT2D eigenvalue weighted by molar-refractivity contribution is 0.0231. The largest absolute Gasteiger partial charge is 0.394 e. The molecule has 1 atom stereocenters. The monoisotopic (exact) mass is 475 g/mol. The Morgan fingerprint density at radius 1 is 1.13 bits per heavy atom. The number of nitrogens with zero attached hydrogens (tertiary/aromatic N) is 3. The van der Waals surface area contributed by atoms with Crippen molar-refractivity contribution in [3.63, 3.8) is 0 Å². The summed E-state index contributed by atoms with van der Waals surface area (Å²) in [5.74, 6) is -3.83. The molecule has 0 saturated carbocycles. The second-order valence-electron chi connectivity index (χ2n) is 7.65. The number of rotatable bonds is 11. The third-order valence-electron chi connectivity index (χ3n) is 4.06. The molecule has 2 rings (SSSR count). The number of aryl methyl sites for hydroxylation is 1. The molecule has 1 heterocycles. The van der Waals surface area contributed by atoms with Crippen molar-refractivity contribution in [3.05, 3.63) is 35.4 Å². The van der Waals surface area contributed by atoms with E-state index in [0.29, 0.717) is 18.2 Å². The Labute approximate surface area is 185 Å². The smallest absolute Gasteiger partial charge is 0.282 e. The second-order valence-corrected chi connectivity index (χ2v) is 10.3. The number of aromatic nitrogens is 3. The molecule has 3 N–H and O–H groups in total. The lowest BCUT2D eigenvalue weighted by atomic mass is 10.0. The number of halogens is 2. The fourth-order valence-electron chi connectivity index (χ4n) is 2.66. The van der Waals surface area contributed by atoms with Gasteiger partial charge in [0.05, 0.1) is 24.7 Å². The van der Waals surface area contributed by atoms with Gasteiger partial charge in [0.25, 0.3) is 5.92 Å². The maximum atomic E-state index is 14.6. The van der Waals surface area contributed by atoms with Crippen molar-refractivity contribution in [2.45, 2.75) is 44.3 Å². The van der Waals surface area contributed by atoms with Gasteiger partial charge in [-0.15, -0.1) is 0 Å². The Morgan fingerprint density at radius 2 is 1.74 bits per heavy atom. The summed E-state index contributed by atoms with van der Waals surface area (Å²) in [5, 5.41) is 12.4. The molecule has 0 spiro atoms. The molecular formula is C19H27F2N5O3S2. The molecule has 0 fully saturated rings. The van der Waals surface area contributed by atoms with Crippen LogP contribution in [0.5, 0.6) is 0 Å². The van der Waals surface area contributed by atoms with Gasteiger partial charge in [0.15, 0.2) is 5.16 Å². The van der Waals surface area contributed by atoms with Crippen LogP contribution in [0.3, 0.4) is 0 Å². The number of nitrogens with one attached hydrogen (secondary N) is 2. The Balaban J connectivity index is 2.25. The van der Waals surface area contributed by atoms with Crippen molar-refractivity contribution in [2.75, 3.05) is 28.7 Å². The fourth-order valence-corrected chi connectivity index (χ4v) is 3.87. The number of aliphatic hydroxyl groups is 1. The summed E-state index contributed by atoms with van der Waals surface area (Å²) in [6.45, 7) is 5.56. The van der Waals surface area contributed by atoms with E-state index in [1.165, 1.54) is 12.1 Å². The quantitative estimate of drug-likeness (QED) is 0.424. The van der Waals surface area contributed by atoms with Gasteiger partial charge >= 0.3 is 0 Å². The van der Waals surface area contributed by atoms with Crippen LogP contribution in [0.15, 0.2) is 29.4 Å². The molecule has 2 aromatic rings. The topological polar surface area (TPSA) is 117 Å². The first-order valence-corrected chi connectivity index (χ1v) is 12.4. The molecule has 0 aliphatic heterocycles. The Hall–Kier alpha value is -2.05. The van der Waals surface area contributed by atoms with Gasteiger partial charge in [0.1, 0.15) is 0 Å². The molecule has 1 aromatic carbocycles. The molecular weight excluding hydrogens is 448 g/mol. The minimum Gasteiger partial charge on any atom is -0.394 e. The van der Waals surface area contributed by atoms with Crippen LogP contribution in [0.25, 0.3) is 0 Å². The summed E-state index contributed by atoms with van der Waals surface area (Å²) in [6, 6.07) is 5.56. The SMILES string of the molecule is Cc1ccc(C(F)(F)CSc2nc(N[C@@H](CO)CC(C)C)nc(NS(C)(=O)=O)n2)cc1. The molecule has 12 heteroatoms. The molecule has 0 aliphatic carbocycles. The van der Waals surface area contributed by atoms with Crippen molar-refractivity contribution in [1.82, 2.24) is 15.0 Å². The molecule has 172 valence electrons. The van der Waals surface area contributed by atoms with Gasteiger partial charge in [-0.05, 0) is 19.3 Å². The van der Waals surface area contributed by atoms with Crippen LogP contribution in [-0.4, -0.2) is 53.1 Å². The summed E-state index contributed by atoms with van der Waals surface area (Å²) in [7, 11) is -3.69. The van der Waals surface area contributed by atoms with Crippen LogP contribution >= 0.6 is 11.8 Å². The second kappa shape index (κ2) is 10.5. The van der Waals surface area contributed by atoms with Crippen LogP contribution < -0.4 is 10.0 Å². The molecule has 0 radical (unpaired) electrons. The summed E-state index contributed by atoms with van der Waals surface area (Å²) in [5.41, 5.74) is 0.737. The first-order chi connectivity index (χ1) is 14.4. The molecule has 8 nitrogen and oxygen atoms in total. The van der Waals surface area contributed by atoms with Crippen LogP contribution in [-0.2, 0) is 15.9 Å². The van der Waals surface area contributed by atoms with Crippen LogP contribution in [0.2, 0.25) is 0 Å². The third kappa shape index (κ3) is 8.54. The fraction of sp³-hybridized carbons (Fsp3) is 0.526. The number of anilines is 2. The first-order valence-electron chi connectivity index (χ1n) is 9.57. The molecule has 0 aliphatic rings. The van der Waals surface area contributed by atoms with Gasteiger partial charge in [-0.3, -0.25) is 4.72 Å². The van der Waals surface area contributed by atoms with Crippen molar-refractivity contribution < 1.29 is 22.3 Å². The Kier molecular flexibility index (Phi) is 8.55. The number of benzene rings is 1. The highest BCUT2D eigenvalue weighted by Gasteiger charge is 2.32. The van der Waals surface area contributed by atoms with E-state index in [-0.39, 0.29) is 41.2 Å². The van der Waals surface area contributed by atoms with E-state index < -0.39 is 21.7 Å². The predicted octanol–water partition coefficient (Wildman–Crippen LogP) is 3.25. The third-order valence-corrected chi connectivity index (χ3v) is 5.56. The van der Waals surface area contributed by atoms with Crippen molar-refractivity contribution >= 4 is 33.7 Å². The van der Waals surface area contributed by atoms with Crippen molar-refractivity contribution in [1.29, 1.82) is 0 Å². The van der Waals surface area contributed by atoms with Gasteiger partial charge in [-0.25, -0.2) is 17.2 Å². The number of sulfonamides is 1. The van der Waals surface area contributed by atoms with E-state index in [2.05, 4.69) is 25.0 Å². The van der Waals surface area contributed by atoms with Crippen molar-refractivity contribution in [2.24, 2.45) is 5.92 Å². The highest BCUT2D eigenvalue weighted by molar-refractivity contribution is 7.99. The number of hydrogen-bond donors (Lipinski definition) is 3. The minimum absolute atomic E-state index is 0.0120. The summed E-state index contributed by atoms with van der Waals surface area (Å²) < 4.78 is 54.5. The van der Waals surface area contributed by atoms with E-state index >= 15 is 0 Å². The highest BCUT2D eigenvalue weighted by Crippen LogP contribution is 2.34. The van der Waals surface area contributed by atoms with Crippen LogP contribution in [0.1, 0.15) is 31.4 Å². The molecule has 1 aromatic heterocycles. The zero-order valence-electron chi connectivity index (χ0n) is 17.8.